The molecule has 1 fully saturated rings. The summed E-state index contributed by atoms with van der Waals surface area (Å²) in [5.74, 6) is 0.794. The first kappa shape index (κ1) is 8.42. The number of nitrogens with zero attached hydrogens (tertiary/aromatic N) is 4. The molecule has 1 aliphatic rings. The van der Waals surface area contributed by atoms with E-state index in [4.69, 9.17) is 5.73 Å². The fourth-order valence-electron chi connectivity index (χ4n) is 0.949. The molecule has 6 heteroatoms. The molecule has 0 unspecified atom stereocenters. The van der Waals surface area contributed by atoms with Gasteiger partial charge in [0.25, 0.3) is 0 Å². The summed E-state index contributed by atoms with van der Waals surface area (Å²) in [4.78, 5) is 0. The van der Waals surface area contributed by atoms with Crippen molar-refractivity contribution in [2.24, 2.45) is 5.73 Å². The summed E-state index contributed by atoms with van der Waals surface area (Å²) < 4.78 is 1.82. The van der Waals surface area contributed by atoms with Gasteiger partial charge in [0.1, 0.15) is 0 Å². The van der Waals surface area contributed by atoms with Crippen LogP contribution in [-0.4, -0.2) is 20.2 Å². The van der Waals surface area contributed by atoms with Gasteiger partial charge in [-0.1, -0.05) is 0 Å². The van der Waals surface area contributed by atoms with Crippen LogP contribution in [0.5, 0.6) is 0 Å². The number of hydrogen-bond acceptors (Lipinski definition) is 4. The van der Waals surface area contributed by atoms with Crippen LogP contribution in [0.2, 0.25) is 0 Å². The van der Waals surface area contributed by atoms with E-state index in [9.17, 15) is 0 Å². The fraction of sp³-hybridized carbons (Fsp3) is 0.800. The number of aromatic nitrogens is 4. The van der Waals surface area contributed by atoms with Gasteiger partial charge >= 0.3 is 0 Å². The molecule has 1 aromatic rings. The Hall–Kier alpha value is -0.680. The maximum absolute atomic E-state index is 5.40. The quantitative estimate of drug-likeness (QED) is 0.681. The van der Waals surface area contributed by atoms with E-state index in [0.29, 0.717) is 12.6 Å². The number of hydrogen-bond donors (Lipinski definition) is 1. The van der Waals surface area contributed by atoms with Gasteiger partial charge in [0.05, 0.1) is 12.6 Å². The van der Waals surface area contributed by atoms with Crippen molar-refractivity contribution >= 4 is 12.4 Å². The van der Waals surface area contributed by atoms with Crippen molar-refractivity contribution in [1.82, 2.24) is 20.2 Å². The highest BCUT2D eigenvalue weighted by Crippen LogP contribution is 2.34. The van der Waals surface area contributed by atoms with E-state index in [1.165, 1.54) is 12.8 Å². The van der Waals surface area contributed by atoms with Gasteiger partial charge in [-0.3, -0.25) is 0 Å². The fourth-order valence-corrected chi connectivity index (χ4v) is 0.949. The Morgan fingerprint density at radius 3 is 2.82 bits per heavy atom. The van der Waals surface area contributed by atoms with Crippen molar-refractivity contribution in [3.63, 3.8) is 0 Å². The first-order chi connectivity index (χ1) is 4.92. The maximum Gasteiger partial charge on any atom is 0.165 e. The van der Waals surface area contributed by atoms with E-state index in [0.717, 1.165) is 5.82 Å². The monoisotopic (exact) mass is 175 g/mol. The lowest BCUT2D eigenvalue weighted by Crippen LogP contribution is -2.08. The summed E-state index contributed by atoms with van der Waals surface area (Å²) in [6.07, 6.45) is 2.39. The summed E-state index contributed by atoms with van der Waals surface area (Å²) in [7, 11) is 0. The molecule has 0 saturated heterocycles. The van der Waals surface area contributed by atoms with Gasteiger partial charge < -0.3 is 5.73 Å². The summed E-state index contributed by atoms with van der Waals surface area (Å²) in [6.45, 7) is 0.434. The molecule has 0 spiro atoms. The molecule has 0 bridgehead atoms. The van der Waals surface area contributed by atoms with Crippen LogP contribution in [0.4, 0.5) is 0 Å². The second-order valence-corrected chi connectivity index (χ2v) is 2.47. The molecule has 1 saturated carbocycles. The SMILES string of the molecule is Cl.NCc1nnnn1C1CC1. The molecule has 62 valence electrons. The van der Waals surface area contributed by atoms with E-state index in [2.05, 4.69) is 15.5 Å². The van der Waals surface area contributed by atoms with Crippen molar-refractivity contribution in [3.05, 3.63) is 5.82 Å². The van der Waals surface area contributed by atoms with Crippen LogP contribution in [0.1, 0.15) is 24.7 Å². The Bertz CT molecular complexity index is 231. The van der Waals surface area contributed by atoms with Crippen LogP contribution in [0.25, 0.3) is 0 Å². The van der Waals surface area contributed by atoms with Crippen molar-refractivity contribution < 1.29 is 0 Å². The van der Waals surface area contributed by atoms with Crippen LogP contribution in [0.15, 0.2) is 0 Å². The Labute approximate surface area is 70.4 Å². The molecule has 0 radical (unpaired) electrons. The molecule has 0 aliphatic heterocycles. The number of rotatable bonds is 2. The molecule has 1 heterocycles. The summed E-state index contributed by atoms with van der Waals surface area (Å²) in [6, 6.07) is 0.536. The van der Waals surface area contributed by atoms with Crippen LogP contribution >= 0.6 is 12.4 Å². The van der Waals surface area contributed by atoms with Gasteiger partial charge in [-0.15, -0.1) is 17.5 Å². The van der Waals surface area contributed by atoms with E-state index < -0.39 is 0 Å². The minimum absolute atomic E-state index is 0. The van der Waals surface area contributed by atoms with Crippen LogP contribution in [-0.2, 0) is 6.54 Å². The van der Waals surface area contributed by atoms with Gasteiger partial charge in [0.2, 0.25) is 0 Å². The number of halogens is 1. The Kier molecular flexibility index (Phi) is 2.41. The van der Waals surface area contributed by atoms with Gasteiger partial charge in [0, 0.05) is 0 Å². The van der Waals surface area contributed by atoms with Crippen molar-refractivity contribution in [2.75, 3.05) is 0 Å². The molecule has 5 nitrogen and oxygen atoms in total. The van der Waals surface area contributed by atoms with E-state index in [-0.39, 0.29) is 12.4 Å². The largest absolute Gasteiger partial charge is 0.324 e. The van der Waals surface area contributed by atoms with Gasteiger partial charge in [-0.2, -0.15) is 0 Å². The minimum Gasteiger partial charge on any atom is -0.324 e. The summed E-state index contributed by atoms with van der Waals surface area (Å²) in [5.41, 5.74) is 5.40. The smallest absolute Gasteiger partial charge is 0.165 e. The molecular weight excluding hydrogens is 166 g/mol. The van der Waals surface area contributed by atoms with Crippen molar-refractivity contribution in [3.8, 4) is 0 Å². The third kappa shape index (κ3) is 1.49. The zero-order valence-corrected chi connectivity index (χ0v) is 6.79. The lowest BCUT2D eigenvalue weighted by Gasteiger charge is -1.96. The molecule has 2 N–H and O–H groups in total. The van der Waals surface area contributed by atoms with Gasteiger partial charge in [-0.05, 0) is 23.3 Å². The zero-order chi connectivity index (χ0) is 6.97. The second-order valence-electron chi connectivity index (χ2n) is 2.47. The Balaban J connectivity index is 0.000000605. The number of tetrazole rings is 1. The highest BCUT2D eigenvalue weighted by Gasteiger charge is 2.26. The number of nitrogens with two attached hydrogens (primary N) is 1. The predicted molar refractivity (Wildman–Crippen MR) is 41.2 cm³/mol. The normalized spacial score (nSPS) is 16.1. The summed E-state index contributed by atoms with van der Waals surface area (Å²) in [5, 5.41) is 11.1. The Morgan fingerprint density at radius 1 is 1.55 bits per heavy atom. The third-order valence-corrected chi connectivity index (χ3v) is 1.64. The predicted octanol–water partition coefficient (Wildman–Crippen LogP) is -0.112. The van der Waals surface area contributed by atoms with E-state index in [1.54, 1.807) is 0 Å². The molecule has 0 aromatic carbocycles. The van der Waals surface area contributed by atoms with Gasteiger partial charge in [-0.25, -0.2) is 4.68 Å². The van der Waals surface area contributed by atoms with Crippen molar-refractivity contribution in [1.29, 1.82) is 0 Å². The molecular formula is C5H10ClN5. The molecule has 1 aliphatic carbocycles. The lowest BCUT2D eigenvalue weighted by molar-refractivity contribution is 0.583. The van der Waals surface area contributed by atoms with E-state index in [1.807, 2.05) is 4.68 Å². The topological polar surface area (TPSA) is 69.6 Å². The van der Waals surface area contributed by atoms with E-state index >= 15 is 0 Å². The maximum atomic E-state index is 5.40. The van der Waals surface area contributed by atoms with Crippen molar-refractivity contribution in [2.45, 2.75) is 25.4 Å². The molecule has 0 amide bonds. The summed E-state index contributed by atoms with van der Waals surface area (Å²) >= 11 is 0. The molecule has 11 heavy (non-hydrogen) atoms. The molecule has 2 rings (SSSR count). The highest BCUT2D eigenvalue weighted by atomic mass is 35.5. The van der Waals surface area contributed by atoms with Crippen LogP contribution < -0.4 is 5.73 Å². The minimum atomic E-state index is 0. The second kappa shape index (κ2) is 3.15. The standard InChI is InChI=1S/C5H9N5.ClH/c6-3-5-7-8-9-10(5)4-1-2-4;/h4H,1-3,6H2;1H. The first-order valence-electron chi connectivity index (χ1n) is 3.38. The molecule has 1 aromatic heterocycles. The van der Waals surface area contributed by atoms with Gasteiger partial charge in [0.15, 0.2) is 5.82 Å². The Morgan fingerprint density at radius 2 is 2.27 bits per heavy atom. The molecule has 0 atom stereocenters. The average molecular weight is 176 g/mol. The lowest BCUT2D eigenvalue weighted by atomic mass is 10.6. The van der Waals surface area contributed by atoms with Crippen LogP contribution in [0, 0.1) is 0 Å². The average Bonchev–Trinajstić information content (AvgIpc) is 2.69. The first-order valence-corrected chi connectivity index (χ1v) is 3.38. The highest BCUT2D eigenvalue weighted by molar-refractivity contribution is 5.85. The third-order valence-electron chi connectivity index (χ3n) is 1.64. The zero-order valence-electron chi connectivity index (χ0n) is 5.97. The van der Waals surface area contributed by atoms with Crippen LogP contribution in [0.3, 0.4) is 0 Å².